The maximum absolute atomic E-state index is 4.44. The van der Waals surface area contributed by atoms with Crippen LogP contribution in [0.1, 0.15) is 31.7 Å². The van der Waals surface area contributed by atoms with Crippen molar-refractivity contribution in [2.75, 3.05) is 13.1 Å². The van der Waals surface area contributed by atoms with Crippen molar-refractivity contribution >= 4 is 15.9 Å². The van der Waals surface area contributed by atoms with E-state index in [9.17, 15) is 0 Å². The van der Waals surface area contributed by atoms with Gasteiger partial charge in [0, 0.05) is 12.1 Å². The Hall–Kier alpha value is -0.350. The molecule has 3 nitrogen and oxygen atoms in total. The summed E-state index contributed by atoms with van der Waals surface area (Å²) in [5.41, 5.74) is 1.31. The fourth-order valence-corrected chi connectivity index (χ4v) is 2.81. The molecule has 0 radical (unpaired) electrons. The lowest BCUT2D eigenvalue weighted by Gasteiger charge is -2.10. The van der Waals surface area contributed by atoms with Gasteiger partial charge in [-0.15, -0.1) is 0 Å². The molecule has 1 aromatic heterocycles. The Kier molecular flexibility index (Phi) is 3.46. The SMILES string of the molecule is CC(C)c1cnn(CC2CCNC2)c1Br. The highest BCUT2D eigenvalue weighted by Crippen LogP contribution is 2.25. The van der Waals surface area contributed by atoms with Gasteiger partial charge >= 0.3 is 0 Å². The molecule has 0 spiro atoms. The minimum Gasteiger partial charge on any atom is -0.316 e. The van der Waals surface area contributed by atoms with Crippen molar-refractivity contribution in [3.63, 3.8) is 0 Å². The molecular formula is C11H18BrN3. The van der Waals surface area contributed by atoms with E-state index in [0.29, 0.717) is 5.92 Å². The maximum Gasteiger partial charge on any atom is 0.107 e. The zero-order valence-electron chi connectivity index (χ0n) is 9.33. The van der Waals surface area contributed by atoms with Gasteiger partial charge in [0.05, 0.1) is 6.20 Å². The third kappa shape index (κ3) is 2.42. The molecular weight excluding hydrogens is 254 g/mol. The van der Waals surface area contributed by atoms with E-state index in [4.69, 9.17) is 0 Å². The summed E-state index contributed by atoms with van der Waals surface area (Å²) in [6.07, 6.45) is 3.25. The molecule has 1 unspecified atom stereocenters. The van der Waals surface area contributed by atoms with E-state index in [1.807, 2.05) is 6.20 Å². The predicted octanol–water partition coefficient (Wildman–Crippen LogP) is 2.38. The quantitative estimate of drug-likeness (QED) is 0.915. The number of rotatable bonds is 3. The minimum absolute atomic E-state index is 0.537. The van der Waals surface area contributed by atoms with Gasteiger partial charge in [0.2, 0.25) is 0 Å². The molecule has 1 aliphatic heterocycles. The molecule has 2 heterocycles. The Morgan fingerprint density at radius 1 is 1.67 bits per heavy atom. The van der Waals surface area contributed by atoms with Crippen molar-refractivity contribution in [2.24, 2.45) is 5.92 Å². The average molecular weight is 272 g/mol. The summed E-state index contributed by atoms with van der Waals surface area (Å²) in [4.78, 5) is 0. The number of halogens is 1. The van der Waals surface area contributed by atoms with E-state index >= 15 is 0 Å². The van der Waals surface area contributed by atoms with Crippen LogP contribution in [0.4, 0.5) is 0 Å². The van der Waals surface area contributed by atoms with Crippen molar-refractivity contribution in [3.05, 3.63) is 16.4 Å². The minimum atomic E-state index is 0.537. The van der Waals surface area contributed by atoms with Crippen LogP contribution in [0.25, 0.3) is 0 Å². The van der Waals surface area contributed by atoms with Gasteiger partial charge in [-0.2, -0.15) is 5.10 Å². The summed E-state index contributed by atoms with van der Waals surface area (Å²) >= 11 is 3.64. The lowest BCUT2D eigenvalue weighted by Crippen LogP contribution is -2.15. The normalized spacial score (nSPS) is 21.5. The monoisotopic (exact) mass is 271 g/mol. The highest BCUT2D eigenvalue weighted by atomic mass is 79.9. The van der Waals surface area contributed by atoms with Crippen LogP contribution in [0.15, 0.2) is 10.8 Å². The smallest absolute Gasteiger partial charge is 0.107 e. The summed E-state index contributed by atoms with van der Waals surface area (Å²) in [6, 6.07) is 0. The summed E-state index contributed by atoms with van der Waals surface area (Å²) in [5, 5.41) is 7.83. The molecule has 84 valence electrons. The molecule has 15 heavy (non-hydrogen) atoms. The standard InChI is InChI=1S/C11H18BrN3/c1-8(2)10-6-14-15(11(10)12)7-9-3-4-13-5-9/h6,8-9,13H,3-5,7H2,1-2H3. The van der Waals surface area contributed by atoms with Gasteiger partial charge in [-0.05, 0) is 47.3 Å². The molecule has 2 rings (SSSR count). The first-order valence-electron chi connectivity index (χ1n) is 5.60. The molecule has 4 heteroatoms. The molecule has 0 aromatic carbocycles. The topological polar surface area (TPSA) is 29.9 Å². The number of hydrogen-bond donors (Lipinski definition) is 1. The number of nitrogens with zero attached hydrogens (tertiary/aromatic N) is 2. The van der Waals surface area contributed by atoms with Gasteiger partial charge in [-0.1, -0.05) is 13.8 Å². The molecule has 0 aliphatic carbocycles. The van der Waals surface area contributed by atoms with Gasteiger partial charge in [-0.25, -0.2) is 0 Å². The molecule has 0 bridgehead atoms. The predicted molar refractivity (Wildman–Crippen MR) is 65.0 cm³/mol. The molecule has 1 aliphatic rings. The zero-order chi connectivity index (χ0) is 10.8. The molecule has 1 saturated heterocycles. The van der Waals surface area contributed by atoms with Crippen LogP contribution in [-0.4, -0.2) is 22.9 Å². The highest BCUT2D eigenvalue weighted by molar-refractivity contribution is 9.10. The first kappa shape index (κ1) is 11.1. The fourth-order valence-electron chi connectivity index (χ4n) is 2.01. The largest absolute Gasteiger partial charge is 0.316 e. The van der Waals surface area contributed by atoms with Gasteiger partial charge in [0.1, 0.15) is 4.60 Å². The van der Waals surface area contributed by atoms with Crippen LogP contribution in [0.5, 0.6) is 0 Å². The molecule has 1 N–H and O–H groups in total. The Bertz CT molecular complexity index is 327. The highest BCUT2D eigenvalue weighted by Gasteiger charge is 2.18. The van der Waals surface area contributed by atoms with Crippen LogP contribution in [0, 0.1) is 5.92 Å². The van der Waals surface area contributed by atoms with E-state index in [1.54, 1.807) is 0 Å². The van der Waals surface area contributed by atoms with E-state index in [1.165, 1.54) is 12.0 Å². The van der Waals surface area contributed by atoms with Crippen molar-refractivity contribution in [2.45, 2.75) is 32.7 Å². The van der Waals surface area contributed by atoms with Crippen LogP contribution in [0.2, 0.25) is 0 Å². The lowest BCUT2D eigenvalue weighted by atomic mass is 10.1. The second-order valence-electron chi connectivity index (χ2n) is 4.59. The van der Waals surface area contributed by atoms with Gasteiger partial charge in [0.15, 0.2) is 0 Å². The summed E-state index contributed by atoms with van der Waals surface area (Å²) in [6.45, 7) is 7.71. The van der Waals surface area contributed by atoms with Gasteiger partial charge < -0.3 is 5.32 Å². The summed E-state index contributed by atoms with van der Waals surface area (Å²) < 4.78 is 3.25. The van der Waals surface area contributed by atoms with E-state index in [2.05, 4.69) is 44.9 Å². The van der Waals surface area contributed by atoms with Gasteiger partial charge in [-0.3, -0.25) is 4.68 Å². The molecule has 0 amide bonds. The Morgan fingerprint density at radius 3 is 3.00 bits per heavy atom. The number of aromatic nitrogens is 2. The first-order chi connectivity index (χ1) is 7.18. The Labute approximate surface area is 99.4 Å². The number of nitrogens with one attached hydrogen (secondary N) is 1. The third-order valence-corrected chi connectivity index (χ3v) is 3.88. The van der Waals surface area contributed by atoms with Crippen LogP contribution >= 0.6 is 15.9 Å². The molecule has 1 aromatic rings. The van der Waals surface area contributed by atoms with Gasteiger partial charge in [0.25, 0.3) is 0 Å². The van der Waals surface area contributed by atoms with Crippen molar-refractivity contribution in [3.8, 4) is 0 Å². The molecule has 1 atom stereocenters. The second kappa shape index (κ2) is 4.66. The first-order valence-corrected chi connectivity index (χ1v) is 6.39. The van der Waals surface area contributed by atoms with E-state index in [0.717, 1.165) is 30.2 Å². The van der Waals surface area contributed by atoms with E-state index < -0.39 is 0 Å². The van der Waals surface area contributed by atoms with Crippen LogP contribution in [-0.2, 0) is 6.54 Å². The Balaban J connectivity index is 2.08. The Morgan fingerprint density at radius 2 is 2.47 bits per heavy atom. The maximum atomic E-state index is 4.44. The molecule has 1 fully saturated rings. The molecule has 0 saturated carbocycles. The van der Waals surface area contributed by atoms with Crippen LogP contribution in [0.3, 0.4) is 0 Å². The lowest BCUT2D eigenvalue weighted by molar-refractivity contribution is 0.443. The van der Waals surface area contributed by atoms with Crippen molar-refractivity contribution in [1.82, 2.24) is 15.1 Å². The summed E-state index contributed by atoms with van der Waals surface area (Å²) in [5.74, 6) is 1.27. The zero-order valence-corrected chi connectivity index (χ0v) is 10.9. The van der Waals surface area contributed by atoms with Crippen molar-refractivity contribution < 1.29 is 0 Å². The van der Waals surface area contributed by atoms with Crippen LogP contribution < -0.4 is 5.32 Å². The number of hydrogen-bond acceptors (Lipinski definition) is 2. The van der Waals surface area contributed by atoms with Crippen molar-refractivity contribution in [1.29, 1.82) is 0 Å². The fraction of sp³-hybridized carbons (Fsp3) is 0.727. The second-order valence-corrected chi connectivity index (χ2v) is 5.34. The summed E-state index contributed by atoms with van der Waals surface area (Å²) in [7, 11) is 0. The average Bonchev–Trinajstić information content (AvgIpc) is 2.78. The third-order valence-electron chi connectivity index (χ3n) is 3.02. The van der Waals surface area contributed by atoms with E-state index in [-0.39, 0.29) is 0 Å².